The first-order chi connectivity index (χ1) is 9.54. The van der Waals surface area contributed by atoms with E-state index in [9.17, 15) is 9.90 Å². The molecule has 1 aromatic carbocycles. The summed E-state index contributed by atoms with van der Waals surface area (Å²) in [5.74, 6) is -1.09. The number of aliphatic hydroxyl groups is 1. The van der Waals surface area contributed by atoms with Gasteiger partial charge in [0.2, 0.25) is 0 Å². The Morgan fingerprint density at radius 1 is 1.45 bits per heavy atom. The Bertz CT molecular complexity index is 643. The van der Waals surface area contributed by atoms with Gasteiger partial charge in [-0.15, -0.1) is 0 Å². The molecular weight excluding hydrogens is 348 g/mol. The Balaban J connectivity index is 2.47. The first-order valence-corrected chi connectivity index (χ1v) is 7.08. The maximum atomic E-state index is 11.2. The lowest BCUT2D eigenvalue weighted by atomic mass is 10.1. The van der Waals surface area contributed by atoms with Crippen LogP contribution in [0, 0.1) is 0 Å². The topological polar surface area (TPSA) is 75.3 Å². The van der Waals surface area contributed by atoms with Crippen molar-refractivity contribution in [2.24, 2.45) is 0 Å². The molecule has 0 fully saturated rings. The summed E-state index contributed by atoms with van der Waals surface area (Å²) < 4.78 is 2.13. The van der Waals surface area contributed by atoms with E-state index in [2.05, 4.69) is 21.0 Å². The molecule has 106 valence electrons. The number of aryl methyl sites for hydroxylation is 1. The number of hydrogen-bond acceptors (Lipinski definition) is 3. The van der Waals surface area contributed by atoms with Gasteiger partial charge in [-0.05, 0) is 40.9 Å². The van der Waals surface area contributed by atoms with Crippen LogP contribution in [0.15, 0.2) is 28.9 Å². The molecule has 0 saturated carbocycles. The standard InChI is InChI=1S/C13H12BrClN2O3/c14-11-9(15)4-1-5-10(11)17-7-8(3-2-6-18)12(16-17)13(19)20/h1,4-5,7,18H,2-3,6H2,(H,19,20). The first-order valence-electron chi connectivity index (χ1n) is 5.91. The number of carboxylic acids is 1. The smallest absolute Gasteiger partial charge is 0.356 e. The van der Waals surface area contributed by atoms with Crippen LogP contribution in [0.5, 0.6) is 0 Å². The Hall–Kier alpha value is -1.37. The van der Waals surface area contributed by atoms with E-state index in [1.54, 1.807) is 24.4 Å². The van der Waals surface area contributed by atoms with Gasteiger partial charge in [0.25, 0.3) is 0 Å². The summed E-state index contributed by atoms with van der Waals surface area (Å²) in [6, 6.07) is 5.27. The summed E-state index contributed by atoms with van der Waals surface area (Å²) in [6.45, 7) is 0.00506. The zero-order valence-electron chi connectivity index (χ0n) is 10.4. The number of aliphatic hydroxyl groups excluding tert-OH is 1. The van der Waals surface area contributed by atoms with Crippen molar-refractivity contribution in [3.05, 3.63) is 45.1 Å². The van der Waals surface area contributed by atoms with Crippen LogP contribution < -0.4 is 0 Å². The van der Waals surface area contributed by atoms with Gasteiger partial charge < -0.3 is 10.2 Å². The molecule has 0 saturated heterocycles. The lowest BCUT2D eigenvalue weighted by molar-refractivity contribution is 0.0688. The minimum Gasteiger partial charge on any atom is -0.476 e. The van der Waals surface area contributed by atoms with E-state index in [1.165, 1.54) is 4.68 Å². The second-order valence-corrected chi connectivity index (χ2v) is 5.35. The van der Waals surface area contributed by atoms with Gasteiger partial charge in [0.05, 0.1) is 15.2 Å². The maximum absolute atomic E-state index is 11.2. The molecule has 0 bridgehead atoms. The van der Waals surface area contributed by atoms with Crippen molar-refractivity contribution in [2.45, 2.75) is 12.8 Å². The molecule has 2 N–H and O–H groups in total. The molecule has 7 heteroatoms. The number of benzene rings is 1. The van der Waals surface area contributed by atoms with Gasteiger partial charge in [-0.2, -0.15) is 5.10 Å². The van der Waals surface area contributed by atoms with Gasteiger partial charge in [-0.3, -0.25) is 0 Å². The van der Waals surface area contributed by atoms with Crippen molar-refractivity contribution in [3.63, 3.8) is 0 Å². The number of nitrogens with zero attached hydrogens (tertiary/aromatic N) is 2. The average molecular weight is 360 g/mol. The molecule has 5 nitrogen and oxygen atoms in total. The minimum atomic E-state index is -1.09. The monoisotopic (exact) mass is 358 g/mol. The van der Waals surface area contributed by atoms with Gasteiger partial charge in [0.15, 0.2) is 5.69 Å². The van der Waals surface area contributed by atoms with E-state index in [1.807, 2.05) is 0 Å². The molecule has 0 aliphatic rings. The van der Waals surface area contributed by atoms with Crippen LogP contribution in [0.4, 0.5) is 0 Å². The number of halogens is 2. The lowest BCUT2D eigenvalue weighted by Gasteiger charge is -2.05. The normalized spacial score (nSPS) is 10.8. The molecular formula is C13H12BrClN2O3. The number of carboxylic acid groups (broad SMARTS) is 1. The highest BCUT2D eigenvalue weighted by Crippen LogP contribution is 2.29. The molecule has 0 atom stereocenters. The van der Waals surface area contributed by atoms with Crippen molar-refractivity contribution >= 4 is 33.5 Å². The van der Waals surface area contributed by atoms with Crippen molar-refractivity contribution in [1.29, 1.82) is 0 Å². The largest absolute Gasteiger partial charge is 0.476 e. The van der Waals surface area contributed by atoms with Crippen LogP contribution in [-0.4, -0.2) is 32.6 Å². The highest BCUT2D eigenvalue weighted by Gasteiger charge is 2.17. The summed E-state index contributed by atoms with van der Waals surface area (Å²) in [6.07, 6.45) is 2.59. The fourth-order valence-electron chi connectivity index (χ4n) is 1.83. The van der Waals surface area contributed by atoms with Crippen LogP contribution >= 0.6 is 27.5 Å². The predicted molar refractivity (Wildman–Crippen MR) is 78.6 cm³/mol. The van der Waals surface area contributed by atoms with E-state index < -0.39 is 5.97 Å². The average Bonchev–Trinajstić information content (AvgIpc) is 2.83. The summed E-state index contributed by atoms with van der Waals surface area (Å²) in [5.41, 5.74) is 1.24. The van der Waals surface area contributed by atoms with Crippen molar-refractivity contribution in [3.8, 4) is 5.69 Å². The molecule has 0 aliphatic heterocycles. The third-order valence-electron chi connectivity index (χ3n) is 2.77. The third-order valence-corrected chi connectivity index (χ3v) is 4.15. The van der Waals surface area contributed by atoms with Crippen molar-refractivity contribution < 1.29 is 15.0 Å². The highest BCUT2D eigenvalue weighted by atomic mass is 79.9. The Morgan fingerprint density at radius 3 is 2.85 bits per heavy atom. The fourth-order valence-corrected chi connectivity index (χ4v) is 2.45. The SMILES string of the molecule is O=C(O)c1nn(-c2cccc(Cl)c2Br)cc1CCCO. The molecule has 0 aliphatic carbocycles. The number of carbonyl (C=O) groups is 1. The lowest BCUT2D eigenvalue weighted by Crippen LogP contribution is -2.03. The molecule has 1 heterocycles. The van der Waals surface area contributed by atoms with Crippen LogP contribution in [0.3, 0.4) is 0 Å². The number of hydrogen-bond donors (Lipinski definition) is 2. The van der Waals surface area contributed by atoms with Crippen LogP contribution in [0.25, 0.3) is 5.69 Å². The number of rotatable bonds is 5. The van der Waals surface area contributed by atoms with Crippen molar-refractivity contribution in [2.75, 3.05) is 6.61 Å². The van der Waals surface area contributed by atoms with E-state index in [4.69, 9.17) is 16.7 Å². The minimum absolute atomic E-state index is 0.00506. The predicted octanol–water partition coefficient (Wildman–Crippen LogP) is 2.91. The summed E-state index contributed by atoms with van der Waals surface area (Å²) in [4.78, 5) is 11.2. The number of aromatic carboxylic acids is 1. The van der Waals surface area contributed by atoms with Gasteiger partial charge in [-0.25, -0.2) is 9.48 Å². The molecule has 20 heavy (non-hydrogen) atoms. The molecule has 2 rings (SSSR count). The third kappa shape index (κ3) is 3.03. The Morgan fingerprint density at radius 2 is 2.20 bits per heavy atom. The molecule has 0 spiro atoms. The van der Waals surface area contributed by atoms with E-state index in [0.29, 0.717) is 33.6 Å². The molecule has 1 aromatic heterocycles. The summed E-state index contributed by atoms with van der Waals surface area (Å²) in [5, 5.41) is 22.6. The highest BCUT2D eigenvalue weighted by molar-refractivity contribution is 9.10. The molecule has 2 aromatic rings. The van der Waals surface area contributed by atoms with Crippen LogP contribution in [0.1, 0.15) is 22.5 Å². The van der Waals surface area contributed by atoms with Gasteiger partial charge in [-0.1, -0.05) is 17.7 Å². The van der Waals surface area contributed by atoms with Crippen molar-refractivity contribution in [1.82, 2.24) is 9.78 Å². The quantitative estimate of drug-likeness (QED) is 0.861. The zero-order chi connectivity index (χ0) is 14.7. The molecule has 0 unspecified atom stereocenters. The molecule has 0 amide bonds. The molecule has 0 radical (unpaired) electrons. The van der Waals surface area contributed by atoms with Crippen LogP contribution in [0.2, 0.25) is 5.02 Å². The zero-order valence-corrected chi connectivity index (χ0v) is 12.7. The second kappa shape index (κ2) is 6.39. The van der Waals surface area contributed by atoms with Gasteiger partial charge in [0.1, 0.15) is 0 Å². The van der Waals surface area contributed by atoms with Crippen LogP contribution in [-0.2, 0) is 6.42 Å². The van der Waals surface area contributed by atoms with E-state index in [0.717, 1.165) is 0 Å². The fraction of sp³-hybridized carbons (Fsp3) is 0.231. The van der Waals surface area contributed by atoms with E-state index in [-0.39, 0.29) is 12.3 Å². The Kier molecular flexibility index (Phi) is 4.80. The van der Waals surface area contributed by atoms with Gasteiger partial charge >= 0.3 is 5.97 Å². The summed E-state index contributed by atoms with van der Waals surface area (Å²) >= 11 is 9.38. The Labute approximate surface area is 128 Å². The maximum Gasteiger partial charge on any atom is 0.356 e. The van der Waals surface area contributed by atoms with Gasteiger partial charge in [0, 0.05) is 18.4 Å². The summed E-state index contributed by atoms with van der Waals surface area (Å²) in [7, 11) is 0. The van der Waals surface area contributed by atoms with E-state index >= 15 is 0 Å². The number of aromatic nitrogens is 2. The first kappa shape index (κ1) is 15.0. The second-order valence-electron chi connectivity index (χ2n) is 4.15.